The lowest BCUT2D eigenvalue weighted by Gasteiger charge is -2.28. The monoisotopic (exact) mass is 639 g/mol. The molecule has 12 heteroatoms. The molecule has 1 aliphatic rings. The number of hydrogen-bond acceptors (Lipinski definition) is 4. The van der Waals surface area contributed by atoms with Gasteiger partial charge < -0.3 is 20.3 Å². The lowest BCUT2D eigenvalue weighted by Crippen LogP contribution is -2.32. The molecule has 42 heavy (non-hydrogen) atoms. The third-order valence-corrected chi connectivity index (χ3v) is 8.15. The molecule has 0 aromatic heterocycles. The molecule has 4 atom stereocenters. The van der Waals surface area contributed by atoms with Crippen LogP contribution in [0.4, 0.5) is 26.3 Å². The van der Waals surface area contributed by atoms with Gasteiger partial charge in [-0.2, -0.15) is 26.3 Å². The first-order valence-electron chi connectivity index (χ1n) is 13.4. The Morgan fingerprint density at radius 1 is 1.00 bits per heavy atom. The first kappa shape index (κ1) is 34.3. The van der Waals surface area contributed by atoms with Gasteiger partial charge in [0.2, 0.25) is 0 Å². The highest BCUT2D eigenvalue weighted by Gasteiger charge is 2.45. The Morgan fingerprint density at radius 2 is 1.69 bits per heavy atom. The minimum atomic E-state index is -4.95. The van der Waals surface area contributed by atoms with Crippen LogP contribution >= 0.6 is 23.2 Å². The minimum absolute atomic E-state index is 0.219. The number of aliphatic hydroxyl groups is 2. The molecule has 232 valence electrons. The van der Waals surface area contributed by atoms with Crippen LogP contribution in [0.2, 0.25) is 10.0 Å². The van der Waals surface area contributed by atoms with Crippen molar-refractivity contribution in [3.05, 3.63) is 93.2 Å². The summed E-state index contributed by atoms with van der Waals surface area (Å²) in [6.07, 6.45) is -10.0. The molecule has 0 radical (unpaired) electrons. The molecule has 0 fully saturated rings. The second-order valence-corrected chi connectivity index (χ2v) is 11.1. The fourth-order valence-electron chi connectivity index (χ4n) is 4.84. The molecule has 0 heterocycles. The number of benzene rings is 2. The fourth-order valence-corrected chi connectivity index (χ4v) is 5.15. The zero-order chi connectivity index (χ0) is 31.1. The summed E-state index contributed by atoms with van der Waals surface area (Å²) in [5.74, 6) is -3.63. The van der Waals surface area contributed by atoms with Gasteiger partial charge in [0, 0.05) is 11.5 Å². The van der Waals surface area contributed by atoms with E-state index in [0.717, 1.165) is 5.56 Å². The third-order valence-electron chi connectivity index (χ3n) is 7.41. The van der Waals surface area contributed by atoms with Crippen molar-refractivity contribution in [3.8, 4) is 0 Å². The van der Waals surface area contributed by atoms with Gasteiger partial charge >= 0.3 is 12.4 Å². The van der Waals surface area contributed by atoms with E-state index in [1.165, 1.54) is 6.07 Å². The molecule has 4 nitrogen and oxygen atoms in total. The molecule has 3 unspecified atom stereocenters. The van der Waals surface area contributed by atoms with E-state index in [-0.39, 0.29) is 10.0 Å². The average Bonchev–Trinajstić information content (AvgIpc) is 2.94. The van der Waals surface area contributed by atoms with Gasteiger partial charge in [0.15, 0.2) is 0 Å². The van der Waals surface area contributed by atoms with Crippen molar-refractivity contribution in [2.75, 3.05) is 19.7 Å². The molecule has 0 saturated carbocycles. The molecule has 0 amide bonds. The summed E-state index contributed by atoms with van der Waals surface area (Å²) in [6.45, 7) is 2.13. The van der Waals surface area contributed by atoms with Crippen LogP contribution < -0.4 is 5.32 Å². The quantitative estimate of drug-likeness (QED) is 0.153. The summed E-state index contributed by atoms with van der Waals surface area (Å²) in [4.78, 5) is 0. The molecule has 0 bridgehead atoms. The van der Waals surface area contributed by atoms with E-state index in [9.17, 15) is 36.6 Å². The van der Waals surface area contributed by atoms with Gasteiger partial charge in [-0.1, -0.05) is 66.5 Å². The molecular weight excluding hydrogens is 607 g/mol. The Labute approximate surface area is 251 Å². The maximum Gasteiger partial charge on any atom is 0.412 e. The van der Waals surface area contributed by atoms with Gasteiger partial charge in [-0.15, -0.1) is 0 Å². The lowest BCUT2D eigenvalue weighted by molar-refractivity contribution is -0.166. The molecule has 2 aromatic rings. The van der Waals surface area contributed by atoms with Crippen LogP contribution in [0.3, 0.4) is 0 Å². The smallest absolute Gasteiger partial charge is 0.412 e. The molecule has 3 rings (SSSR count). The molecule has 3 N–H and O–H groups in total. The summed E-state index contributed by atoms with van der Waals surface area (Å²) in [6, 6.07) is 14.0. The number of nitrogens with one attached hydrogen (secondary N) is 1. The predicted octanol–water partition coefficient (Wildman–Crippen LogP) is 8.08. The van der Waals surface area contributed by atoms with E-state index in [1.807, 2.05) is 37.3 Å². The van der Waals surface area contributed by atoms with Gasteiger partial charge in [-0.3, -0.25) is 0 Å². The van der Waals surface area contributed by atoms with Crippen LogP contribution in [0.1, 0.15) is 49.7 Å². The van der Waals surface area contributed by atoms with E-state index < -0.39 is 60.3 Å². The number of aliphatic hydroxyl groups excluding tert-OH is 1. The van der Waals surface area contributed by atoms with E-state index in [0.29, 0.717) is 50.1 Å². The number of halogens is 8. The van der Waals surface area contributed by atoms with Gasteiger partial charge in [-0.25, -0.2) is 0 Å². The lowest BCUT2D eigenvalue weighted by atomic mass is 9.88. The maximum atomic E-state index is 13.3. The normalized spacial score (nSPS) is 19.0. The van der Waals surface area contributed by atoms with Crippen LogP contribution in [0.15, 0.2) is 72.0 Å². The molecule has 0 saturated heterocycles. The topological polar surface area (TPSA) is 61.7 Å². The van der Waals surface area contributed by atoms with E-state index in [4.69, 9.17) is 27.9 Å². The van der Waals surface area contributed by atoms with Crippen molar-refractivity contribution < 1.29 is 41.3 Å². The van der Waals surface area contributed by atoms with Gasteiger partial charge in [0.25, 0.3) is 0 Å². The fraction of sp³-hybridized carbons (Fsp3) is 0.467. The Morgan fingerprint density at radius 3 is 2.29 bits per heavy atom. The van der Waals surface area contributed by atoms with Crippen molar-refractivity contribution in [2.24, 2.45) is 5.92 Å². The number of ether oxygens (including phenoxy) is 1. The minimum Gasteiger partial charge on any atom is -0.491 e. The number of hydrogen-bond donors (Lipinski definition) is 3. The third kappa shape index (κ3) is 9.38. The van der Waals surface area contributed by atoms with E-state index in [1.54, 1.807) is 12.1 Å². The van der Waals surface area contributed by atoms with E-state index in [2.05, 4.69) is 5.32 Å². The highest BCUT2D eigenvalue weighted by atomic mass is 35.5. The average molecular weight is 640 g/mol. The van der Waals surface area contributed by atoms with Gasteiger partial charge in [-0.05, 0) is 74.2 Å². The van der Waals surface area contributed by atoms with Gasteiger partial charge in [0.1, 0.15) is 12.4 Å². The van der Waals surface area contributed by atoms with E-state index >= 15 is 0 Å². The highest BCUT2D eigenvalue weighted by Crippen LogP contribution is 2.42. The Bertz CT molecular complexity index is 1240. The van der Waals surface area contributed by atoms with Crippen LogP contribution in [0.25, 0.3) is 0 Å². The van der Waals surface area contributed by atoms with Crippen molar-refractivity contribution in [2.45, 2.75) is 62.6 Å². The van der Waals surface area contributed by atoms with Crippen LogP contribution in [-0.4, -0.2) is 48.4 Å². The summed E-state index contributed by atoms with van der Waals surface area (Å²) in [5.41, 5.74) is -1.03. The van der Waals surface area contributed by atoms with Crippen LogP contribution in [-0.2, 0) is 10.3 Å². The van der Waals surface area contributed by atoms with Crippen molar-refractivity contribution in [1.82, 2.24) is 5.32 Å². The number of allylic oxidation sites excluding steroid dienone is 3. The zero-order valence-electron chi connectivity index (χ0n) is 22.8. The predicted molar refractivity (Wildman–Crippen MR) is 150 cm³/mol. The summed E-state index contributed by atoms with van der Waals surface area (Å²) >= 11 is 12.2. The van der Waals surface area contributed by atoms with Crippen LogP contribution in [0.5, 0.6) is 0 Å². The Hall–Kier alpha value is -2.24. The highest BCUT2D eigenvalue weighted by molar-refractivity contribution is 6.42. The molecule has 0 aliphatic heterocycles. The van der Waals surface area contributed by atoms with Crippen molar-refractivity contribution in [1.29, 1.82) is 0 Å². The summed E-state index contributed by atoms with van der Waals surface area (Å²) < 4.78 is 85.0. The van der Waals surface area contributed by atoms with Gasteiger partial charge in [0.05, 0.1) is 27.7 Å². The molecule has 1 aliphatic carbocycles. The van der Waals surface area contributed by atoms with Crippen molar-refractivity contribution >= 4 is 23.2 Å². The second kappa shape index (κ2) is 14.5. The van der Waals surface area contributed by atoms with Crippen LogP contribution in [0, 0.1) is 5.92 Å². The molecule has 2 aromatic carbocycles. The zero-order valence-corrected chi connectivity index (χ0v) is 24.3. The summed E-state index contributed by atoms with van der Waals surface area (Å²) in [5, 5.41) is 25.8. The number of alkyl halides is 6. The molecular formula is C30H33Cl2F6NO3. The maximum absolute atomic E-state index is 13.3. The largest absolute Gasteiger partial charge is 0.491 e. The summed E-state index contributed by atoms with van der Waals surface area (Å²) in [7, 11) is 0. The Kier molecular flexibility index (Phi) is 11.8. The standard InChI is InChI=1S/C30H33Cl2F6NO3/c1-2-28(41,20-6-4-3-5-7-20)11-13-39-12-10-24(19-8-9-25(31)26(32)14-19)27(40)18-42-23-16-21(29(33,34)35)15-22(17-23)30(36,37)38/h3-9,14,16-17,21,24,27,39-41H,2,10-13,15,18H2,1H3/t21?,24?,27-,28?/m0/s1. The SMILES string of the molecule is CCC(O)(CCNCCC(c1ccc(Cl)c(Cl)c1)[C@@H](O)COC1=CC(C(F)(F)F)CC(C(F)(F)F)=C1)c1ccccc1. The first-order valence-corrected chi connectivity index (χ1v) is 14.2. The molecule has 0 spiro atoms. The number of rotatable bonds is 13. The van der Waals surface area contributed by atoms with Crippen molar-refractivity contribution in [3.63, 3.8) is 0 Å². The Balaban J connectivity index is 1.69. The first-order chi connectivity index (χ1) is 19.6. The second-order valence-electron chi connectivity index (χ2n) is 10.3.